The molecule has 0 aliphatic heterocycles. The molecule has 0 radical (unpaired) electrons. The lowest BCUT2D eigenvalue weighted by molar-refractivity contribution is 0.474. The normalized spacial score (nSPS) is 10.4. The molecule has 1 aromatic rings. The number of rotatable bonds is 6. The van der Waals surface area contributed by atoms with Gasteiger partial charge in [-0.1, -0.05) is 12.1 Å². The van der Waals surface area contributed by atoms with Crippen LogP contribution < -0.4 is 5.32 Å². The van der Waals surface area contributed by atoms with Gasteiger partial charge in [0.2, 0.25) is 0 Å². The number of benzene rings is 1. The van der Waals surface area contributed by atoms with E-state index in [1.165, 1.54) is 0 Å². The van der Waals surface area contributed by atoms with Crippen LogP contribution in [0.3, 0.4) is 0 Å². The topological polar surface area (TPSA) is 32.3 Å². The van der Waals surface area contributed by atoms with Crippen molar-refractivity contribution in [2.75, 3.05) is 12.4 Å². The largest absolute Gasteiger partial charge is 0.508 e. The van der Waals surface area contributed by atoms with Crippen LogP contribution in [-0.2, 0) is 6.54 Å². The number of halogens is 1. The summed E-state index contributed by atoms with van der Waals surface area (Å²) in [7, 11) is 0. The highest BCUT2D eigenvalue weighted by Crippen LogP contribution is 2.10. The lowest BCUT2D eigenvalue weighted by Crippen LogP contribution is -2.14. The molecule has 0 heterocycles. The highest BCUT2D eigenvalue weighted by molar-refractivity contribution is 6.17. The van der Waals surface area contributed by atoms with Gasteiger partial charge in [0.05, 0.1) is 0 Å². The molecule has 0 saturated carbocycles. The SMILES string of the molecule is Oc1cccc(CNCCCCCl)c1. The van der Waals surface area contributed by atoms with Crippen LogP contribution in [0.2, 0.25) is 0 Å². The maximum absolute atomic E-state index is 9.21. The zero-order valence-corrected chi connectivity index (χ0v) is 8.93. The van der Waals surface area contributed by atoms with E-state index in [1.54, 1.807) is 12.1 Å². The number of unbranched alkanes of at least 4 members (excludes halogenated alkanes) is 1. The fourth-order valence-corrected chi connectivity index (χ4v) is 1.43. The summed E-state index contributed by atoms with van der Waals surface area (Å²) >= 11 is 5.56. The second-order valence-electron chi connectivity index (χ2n) is 3.24. The van der Waals surface area contributed by atoms with Gasteiger partial charge in [-0.25, -0.2) is 0 Å². The molecule has 0 aliphatic rings. The smallest absolute Gasteiger partial charge is 0.115 e. The van der Waals surface area contributed by atoms with Gasteiger partial charge in [0.1, 0.15) is 5.75 Å². The molecule has 0 aromatic heterocycles. The summed E-state index contributed by atoms with van der Waals surface area (Å²) in [4.78, 5) is 0. The first-order valence-corrected chi connectivity index (χ1v) is 5.41. The molecular formula is C11H16ClNO. The number of hydrogen-bond acceptors (Lipinski definition) is 2. The van der Waals surface area contributed by atoms with Gasteiger partial charge in [0.15, 0.2) is 0 Å². The number of aromatic hydroxyl groups is 1. The van der Waals surface area contributed by atoms with Crippen LogP contribution in [0.15, 0.2) is 24.3 Å². The molecule has 2 nitrogen and oxygen atoms in total. The monoisotopic (exact) mass is 213 g/mol. The van der Waals surface area contributed by atoms with E-state index >= 15 is 0 Å². The zero-order valence-electron chi connectivity index (χ0n) is 8.17. The Labute approximate surface area is 89.9 Å². The second-order valence-corrected chi connectivity index (χ2v) is 3.62. The van der Waals surface area contributed by atoms with Crippen molar-refractivity contribution in [2.45, 2.75) is 19.4 Å². The van der Waals surface area contributed by atoms with Crippen LogP contribution in [0.25, 0.3) is 0 Å². The first-order chi connectivity index (χ1) is 6.83. The van der Waals surface area contributed by atoms with Crippen molar-refractivity contribution in [1.29, 1.82) is 0 Å². The van der Waals surface area contributed by atoms with Crippen molar-refractivity contribution in [2.24, 2.45) is 0 Å². The van der Waals surface area contributed by atoms with Crippen LogP contribution in [0.1, 0.15) is 18.4 Å². The van der Waals surface area contributed by atoms with Crippen molar-refractivity contribution < 1.29 is 5.11 Å². The van der Waals surface area contributed by atoms with Gasteiger partial charge in [-0.15, -0.1) is 11.6 Å². The second kappa shape index (κ2) is 6.68. The number of hydrogen-bond donors (Lipinski definition) is 2. The number of phenolic OH excluding ortho intramolecular Hbond substituents is 1. The molecule has 0 fully saturated rings. The minimum Gasteiger partial charge on any atom is -0.508 e. The van der Waals surface area contributed by atoms with Crippen molar-refractivity contribution in [1.82, 2.24) is 5.32 Å². The highest BCUT2D eigenvalue weighted by Gasteiger charge is 1.93. The summed E-state index contributed by atoms with van der Waals surface area (Å²) in [6, 6.07) is 7.30. The van der Waals surface area contributed by atoms with E-state index in [4.69, 9.17) is 11.6 Å². The minimum absolute atomic E-state index is 0.324. The number of phenols is 1. The fourth-order valence-electron chi connectivity index (χ4n) is 1.24. The van der Waals surface area contributed by atoms with E-state index in [9.17, 15) is 5.11 Å². The predicted octanol–water partition coefficient (Wildman–Crippen LogP) is 2.50. The number of nitrogens with one attached hydrogen (secondary N) is 1. The first-order valence-electron chi connectivity index (χ1n) is 4.87. The van der Waals surface area contributed by atoms with Crippen LogP contribution in [-0.4, -0.2) is 17.5 Å². The van der Waals surface area contributed by atoms with E-state index in [0.29, 0.717) is 5.75 Å². The quantitative estimate of drug-likeness (QED) is 0.562. The Bertz CT molecular complexity index is 265. The molecule has 78 valence electrons. The molecule has 0 bridgehead atoms. The van der Waals surface area contributed by atoms with Gasteiger partial charge in [-0.3, -0.25) is 0 Å². The average Bonchev–Trinajstić information content (AvgIpc) is 2.18. The predicted molar refractivity (Wildman–Crippen MR) is 59.8 cm³/mol. The van der Waals surface area contributed by atoms with E-state index in [0.717, 1.165) is 37.4 Å². The Morgan fingerprint density at radius 2 is 2.14 bits per heavy atom. The lowest BCUT2D eigenvalue weighted by atomic mass is 10.2. The van der Waals surface area contributed by atoms with Crippen molar-refractivity contribution >= 4 is 11.6 Å². The third-order valence-electron chi connectivity index (χ3n) is 1.98. The molecule has 1 aromatic carbocycles. The zero-order chi connectivity index (χ0) is 10.2. The third-order valence-corrected chi connectivity index (χ3v) is 2.24. The Morgan fingerprint density at radius 1 is 1.29 bits per heavy atom. The molecule has 2 N–H and O–H groups in total. The molecule has 0 amide bonds. The number of alkyl halides is 1. The van der Waals surface area contributed by atoms with Crippen LogP contribution in [0, 0.1) is 0 Å². The standard InChI is InChI=1S/C11H16ClNO/c12-6-1-2-7-13-9-10-4-3-5-11(14)8-10/h3-5,8,13-14H,1-2,6-7,9H2. The van der Waals surface area contributed by atoms with Crippen LogP contribution in [0.5, 0.6) is 5.75 Å². The summed E-state index contributed by atoms with van der Waals surface area (Å²) in [6.07, 6.45) is 2.15. The van der Waals surface area contributed by atoms with E-state index in [1.807, 2.05) is 12.1 Å². The Morgan fingerprint density at radius 3 is 2.86 bits per heavy atom. The molecule has 1 rings (SSSR count). The molecule has 0 unspecified atom stereocenters. The van der Waals surface area contributed by atoms with Gasteiger partial charge >= 0.3 is 0 Å². The van der Waals surface area contributed by atoms with Crippen LogP contribution in [0.4, 0.5) is 0 Å². The van der Waals surface area contributed by atoms with Crippen molar-refractivity contribution in [3.05, 3.63) is 29.8 Å². The van der Waals surface area contributed by atoms with Crippen molar-refractivity contribution in [3.63, 3.8) is 0 Å². The summed E-state index contributed by atoms with van der Waals surface area (Å²) in [5.41, 5.74) is 1.11. The van der Waals surface area contributed by atoms with Crippen LogP contribution >= 0.6 is 11.6 Å². The van der Waals surface area contributed by atoms with Gasteiger partial charge in [0, 0.05) is 12.4 Å². The van der Waals surface area contributed by atoms with Gasteiger partial charge in [0.25, 0.3) is 0 Å². The van der Waals surface area contributed by atoms with Crippen molar-refractivity contribution in [3.8, 4) is 5.75 Å². The summed E-state index contributed by atoms with van der Waals surface area (Å²) in [6.45, 7) is 1.78. The molecule has 0 spiro atoms. The molecule has 0 atom stereocenters. The lowest BCUT2D eigenvalue weighted by Gasteiger charge is -2.04. The highest BCUT2D eigenvalue weighted by atomic mass is 35.5. The third kappa shape index (κ3) is 4.49. The average molecular weight is 214 g/mol. The molecule has 0 aliphatic carbocycles. The Kier molecular flexibility index (Phi) is 5.42. The van der Waals surface area contributed by atoms with Gasteiger partial charge in [-0.05, 0) is 37.1 Å². The fraction of sp³-hybridized carbons (Fsp3) is 0.455. The van der Waals surface area contributed by atoms with E-state index in [2.05, 4.69) is 5.32 Å². The first kappa shape index (κ1) is 11.3. The summed E-state index contributed by atoms with van der Waals surface area (Å²) < 4.78 is 0. The maximum Gasteiger partial charge on any atom is 0.115 e. The van der Waals surface area contributed by atoms with Gasteiger partial charge in [-0.2, -0.15) is 0 Å². The summed E-state index contributed by atoms with van der Waals surface area (Å²) in [5.74, 6) is 1.05. The van der Waals surface area contributed by atoms with E-state index in [-0.39, 0.29) is 0 Å². The Balaban J connectivity index is 2.18. The molecular weight excluding hydrogens is 198 g/mol. The molecule has 3 heteroatoms. The molecule has 0 saturated heterocycles. The van der Waals surface area contributed by atoms with E-state index < -0.39 is 0 Å². The molecule has 14 heavy (non-hydrogen) atoms. The Hall–Kier alpha value is -0.730. The minimum atomic E-state index is 0.324. The van der Waals surface area contributed by atoms with Gasteiger partial charge < -0.3 is 10.4 Å². The maximum atomic E-state index is 9.21. The summed E-state index contributed by atoms with van der Waals surface area (Å²) in [5, 5.41) is 12.5.